The van der Waals surface area contributed by atoms with Gasteiger partial charge >= 0.3 is 0 Å². The van der Waals surface area contributed by atoms with Gasteiger partial charge in [0, 0.05) is 31.9 Å². The highest BCUT2D eigenvalue weighted by molar-refractivity contribution is 5.23. The van der Waals surface area contributed by atoms with Crippen molar-refractivity contribution in [3.8, 4) is 0 Å². The van der Waals surface area contributed by atoms with Crippen LogP contribution in [-0.4, -0.2) is 26.3 Å². The van der Waals surface area contributed by atoms with E-state index >= 15 is 0 Å². The lowest BCUT2D eigenvalue weighted by Gasteiger charge is -2.25. The van der Waals surface area contributed by atoms with Crippen molar-refractivity contribution in [1.29, 1.82) is 0 Å². The fourth-order valence-electron chi connectivity index (χ4n) is 2.76. The number of nitrogens with zero attached hydrogens (tertiary/aromatic N) is 4. The monoisotopic (exact) mass is 255 g/mol. The maximum absolute atomic E-state index is 4.42. The first-order valence-corrected chi connectivity index (χ1v) is 6.97. The molecule has 0 spiro atoms. The van der Waals surface area contributed by atoms with E-state index in [1.54, 1.807) is 6.20 Å². The summed E-state index contributed by atoms with van der Waals surface area (Å²) in [4.78, 5) is 4.20. The number of fused-ring (bicyclic) bond motifs is 1. The van der Waals surface area contributed by atoms with Gasteiger partial charge in [-0.3, -0.25) is 4.98 Å². The molecule has 1 aliphatic carbocycles. The Morgan fingerprint density at radius 1 is 1.32 bits per heavy atom. The second-order valence-corrected chi connectivity index (χ2v) is 5.45. The molecule has 2 aromatic rings. The second-order valence-electron chi connectivity index (χ2n) is 5.45. The van der Waals surface area contributed by atoms with Crippen LogP contribution in [0.4, 0.5) is 0 Å². The topological polar surface area (TPSA) is 55.6 Å². The largest absolute Gasteiger partial charge is 0.312 e. The van der Waals surface area contributed by atoms with Gasteiger partial charge in [0.15, 0.2) is 5.82 Å². The van der Waals surface area contributed by atoms with Gasteiger partial charge in [0.2, 0.25) is 0 Å². The van der Waals surface area contributed by atoms with E-state index in [9.17, 15) is 0 Å². The van der Waals surface area contributed by atoms with Crippen molar-refractivity contribution in [2.75, 3.05) is 6.54 Å². The molecule has 1 fully saturated rings. The summed E-state index contributed by atoms with van der Waals surface area (Å²) in [6, 6.07) is 4.19. The molecule has 1 saturated carbocycles. The number of hydrogen-bond acceptors (Lipinski definition) is 4. The Hall–Kier alpha value is -1.75. The molecule has 19 heavy (non-hydrogen) atoms. The normalized spacial score (nSPS) is 22.2. The first-order chi connectivity index (χ1) is 9.42. The number of hydrogen-bond donors (Lipinski definition) is 1. The lowest BCUT2D eigenvalue weighted by atomic mass is 10.1. The number of aromatic nitrogens is 4. The van der Waals surface area contributed by atoms with Gasteiger partial charge in [-0.15, -0.1) is 10.2 Å². The Bertz CT molecular complexity index is 573. The third-order valence-electron chi connectivity index (χ3n) is 3.98. The van der Waals surface area contributed by atoms with Gasteiger partial charge < -0.3 is 9.88 Å². The summed E-state index contributed by atoms with van der Waals surface area (Å²) in [6.07, 6.45) is 7.50. The second kappa shape index (κ2) is 4.42. The van der Waals surface area contributed by atoms with Crippen LogP contribution >= 0.6 is 0 Å². The van der Waals surface area contributed by atoms with E-state index in [1.165, 1.54) is 12.8 Å². The van der Waals surface area contributed by atoms with Crippen LogP contribution in [-0.2, 0) is 13.0 Å². The van der Waals surface area contributed by atoms with Crippen molar-refractivity contribution in [3.05, 3.63) is 41.7 Å². The van der Waals surface area contributed by atoms with Gasteiger partial charge in [0.05, 0.1) is 6.04 Å². The standard InChI is InChI=1S/C14H17N5/c1-2-11(9-15-5-1)13-14-18-17-12(8-10-3-4-10)19(14)7-6-16-13/h1-2,5,9-10,13,16H,3-4,6-8H2. The first kappa shape index (κ1) is 11.1. The van der Waals surface area contributed by atoms with E-state index in [0.29, 0.717) is 0 Å². The maximum atomic E-state index is 4.42. The summed E-state index contributed by atoms with van der Waals surface area (Å²) in [5.74, 6) is 3.04. The molecular formula is C14H17N5. The molecule has 1 aliphatic heterocycles. The Labute approximate surface area is 112 Å². The summed E-state index contributed by atoms with van der Waals surface area (Å²) in [5, 5.41) is 12.3. The SMILES string of the molecule is c1cncc(C2NCCn3c(CC4CC4)nnc32)c1. The number of nitrogens with one attached hydrogen (secondary N) is 1. The highest BCUT2D eigenvalue weighted by Gasteiger charge is 2.29. The van der Waals surface area contributed by atoms with Gasteiger partial charge in [0.1, 0.15) is 5.82 Å². The molecule has 98 valence electrons. The average molecular weight is 255 g/mol. The molecule has 0 radical (unpaired) electrons. The van der Waals surface area contributed by atoms with Gasteiger partial charge in [-0.05, 0) is 30.4 Å². The van der Waals surface area contributed by atoms with Crippen molar-refractivity contribution in [2.45, 2.75) is 31.8 Å². The van der Waals surface area contributed by atoms with E-state index in [1.807, 2.05) is 12.3 Å². The third-order valence-corrected chi connectivity index (χ3v) is 3.98. The van der Waals surface area contributed by atoms with Crippen LogP contribution in [0.15, 0.2) is 24.5 Å². The lowest BCUT2D eigenvalue weighted by molar-refractivity contribution is 0.444. The van der Waals surface area contributed by atoms with E-state index < -0.39 is 0 Å². The predicted molar refractivity (Wildman–Crippen MR) is 70.5 cm³/mol. The van der Waals surface area contributed by atoms with Crippen LogP contribution in [0.5, 0.6) is 0 Å². The molecule has 3 heterocycles. The maximum Gasteiger partial charge on any atom is 0.154 e. The quantitative estimate of drug-likeness (QED) is 0.898. The van der Waals surface area contributed by atoms with Gasteiger partial charge in [-0.1, -0.05) is 6.07 Å². The molecule has 2 aliphatic rings. The highest BCUT2D eigenvalue weighted by atomic mass is 15.3. The zero-order valence-electron chi connectivity index (χ0n) is 10.8. The molecule has 0 aromatic carbocycles. The third kappa shape index (κ3) is 2.04. The Morgan fingerprint density at radius 3 is 3.05 bits per heavy atom. The van der Waals surface area contributed by atoms with Crippen molar-refractivity contribution in [3.63, 3.8) is 0 Å². The number of rotatable bonds is 3. The summed E-state index contributed by atoms with van der Waals surface area (Å²) in [6.45, 7) is 1.93. The summed E-state index contributed by atoms with van der Waals surface area (Å²) in [5.41, 5.74) is 1.16. The lowest BCUT2D eigenvalue weighted by Crippen LogP contribution is -2.35. The number of pyridine rings is 1. The molecule has 2 aromatic heterocycles. The van der Waals surface area contributed by atoms with Crippen LogP contribution in [0, 0.1) is 5.92 Å². The fourth-order valence-corrected chi connectivity index (χ4v) is 2.76. The molecule has 4 rings (SSSR count). The predicted octanol–water partition coefficient (Wildman–Crippen LogP) is 1.32. The average Bonchev–Trinajstić information content (AvgIpc) is 3.19. The minimum Gasteiger partial charge on any atom is -0.312 e. The molecule has 5 heteroatoms. The minimum absolute atomic E-state index is 0.128. The van der Waals surface area contributed by atoms with E-state index in [0.717, 1.165) is 42.6 Å². The van der Waals surface area contributed by atoms with Crippen molar-refractivity contribution in [1.82, 2.24) is 25.1 Å². The summed E-state index contributed by atoms with van der Waals surface area (Å²) in [7, 11) is 0. The molecule has 1 unspecified atom stereocenters. The van der Waals surface area contributed by atoms with E-state index in [4.69, 9.17) is 0 Å². The molecule has 1 N–H and O–H groups in total. The minimum atomic E-state index is 0.128. The van der Waals surface area contributed by atoms with Gasteiger partial charge in [-0.2, -0.15) is 0 Å². The molecule has 0 amide bonds. The van der Waals surface area contributed by atoms with Crippen LogP contribution < -0.4 is 5.32 Å². The Morgan fingerprint density at radius 2 is 2.26 bits per heavy atom. The zero-order chi connectivity index (χ0) is 12.7. The van der Waals surface area contributed by atoms with Gasteiger partial charge in [-0.25, -0.2) is 0 Å². The van der Waals surface area contributed by atoms with Crippen molar-refractivity contribution in [2.24, 2.45) is 5.92 Å². The van der Waals surface area contributed by atoms with E-state index in [2.05, 4.69) is 31.1 Å². The zero-order valence-corrected chi connectivity index (χ0v) is 10.8. The molecular weight excluding hydrogens is 238 g/mol. The molecule has 1 atom stereocenters. The molecule has 5 nitrogen and oxygen atoms in total. The summed E-state index contributed by atoms with van der Waals surface area (Å²) >= 11 is 0. The summed E-state index contributed by atoms with van der Waals surface area (Å²) < 4.78 is 2.30. The fraction of sp³-hybridized carbons (Fsp3) is 0.500. The molecule has 0 bridgehead atoms. The smallest absolute Gasteiger partial charge is 0.154 e. The Balaban J connectivity index is 1.69. The van der Waals surface area contributed by atoms with Crippen molar-refractivity contribution >= 4 is 0 Å². The van der Waals surface area contributed by atoms with Crippen LogP contribution in [0.2, 0.25) is 0 Å². The Kier molecular flexibility index (Phi) is 2.58. The van der Waals surface area contributed by atoms with Crippen LogP contribution in [0.1, 0.15) is 36.1 Å². The first-order valence-electron chi connectivity index (χ1n) is 6.97. The van der Waals surface area contributed by atoms with Crippen LogP contribution in [0.3, 0.4) is 0 Å². The van der Waals surface area contributed by atoms with Crippen molar-refractivity contribution < 1.29 is 0 Å². The van der Waals surface area contributed by atoms with E-state index in [-0.39, 0.29) is 6.04 Å². The highest BCUT2D eigenvalue weighted by Crippen LogP contribution is 2.33. The van der Waals surface area contributed by atoms with Crippen LogP contribution in [0.25, 0.3) is 0 Å². The van der Waals surface area contributed by atoms with Gasteiger partial charge in [0.25, 0.3) is 0 Å². The molecule has 0 saturated heterocycles.